The summed E-state index contributed by atoms with van der Waals surface area (Å²) in [7, 11) is 0. The van der Waals surface area contributed by atoms with Gasteiger partial charge in [0.2, 0.25) is 0 Å². The highest BCUT2D eigenvalue weighted by atomic mass is 19.1. The molecule has 19 heavy (non-hydrogen) atoms. The molecule has 1 fully saturated rings. The Morgan fingerprint density at radius 3 is 2.47 bits per heavy atom. The molecule has 0 bridgehead atoms. The van der Waals surface area contributed by atoms with E-state index >= 15 is 0 Å². The first-order valence-electron chi connectivity index (χ1n) is 6.21. The first-order valence-corrected chi connectivity index (χ1v) is 6.21. The van der Waals surface area contributed by atoms with Gasteiger partial charge in [0.1, 0.15) is 11.6 Å². The molecule has 1 aliphatic rings. The summed E-state index contributed by atoms with van der Waals surface area (Å²) in [4.78, 5) is 12.2. The Kier molecular flexibility index (Phi) is 2.90. The maximum Gasteiger partial charge on any atom is 0.169 e. The van der Waals surface area contributed by atoms with Gasteiger partial charge in [0.15, 0.2) is 5.78 Å². The predicted molar refractivity (Wildman–Crippen MR) is 68.0 cm³/mol. The maximum absolute atomic E-state index is 13.6. The topological polar surface area (TPSA) is 17.1 Å². The average Bonchev–Trinajstić information content (AvgIpc) is 3.19. The molecule has 0 amide bonds. The van der Waals surface area contributed by atoms with Gasteiger partial charge in [-0.2, -0.15) is 0 Å². The zero-order chi connectivity index (χ0) is 13.4. The van der Waals surface area contributed by atoms with Gasteiger partial charge in [-0.1, -0.05) is 30.3 Å². The molecule has 0 aliphatic heterocycles. The molecule has 1 nitrogen and oxygen atoms in total. The van der Waals surface area contributed by atoms with E-state index in [0.29, 0.717) is 0 Å². The van der Waals surface area contributed by atoms with E-state index < -0.39 is 11.6 Å². The molecule has 0 heterocycles. The molecule has 3 heteroatoms. The number of carbonyl (C=O) groups is 1. The second-order valence-electron chi connectivity index (χ2n) is 4.85. The van der Waals surface area contributed by atoms with Gasteiger partial charge in [0.05, 0.1) is 5.56 Å². The smallest absolute Gasteiger partial charge is 0.169 e. The Labute approximate surface area is 109 Å². The van der Waals surface area contributed by atoms with E-state index in [1.807, 2.05) is 30.3 Å². The highest BCUT2D eigenvalue weighted by Crippen LogP contribution is 2.49. The number of rotatable bonds is 3. The zero-order valence-corrected chi connectivity index (χ0v) is 10.1. The highest BCUT2D eigenvalue weighted by molar-refractivity contribution is 6.00. The number of carbonyl (C=O) groups excluding carboxylic acids is 1. The monoisotopic (exact) mass is 258 g/mol. The second-order valence-corrected chi connectivity index (χ2v) is 4.85. The molecule has 0 saturated heterocycles. The second kappa shape index (κ2) is 4.57. The third-order valence-electron chi connectivity index (χ3n) is 3.55. The van der Waals surface area contributed by atoms with Crippen LogP contribution in [0.25, 0.3) is 0 Å². The van der Waals surface area contributed by atoms with Gasteiger partial charge in [-0.25, -0.2) is 8.78 Å². The third kappa shape index (κ3) is 2.28. The van der Waals surface area contributed by atoms with Crippen LogP contribution in [0.3, 0.4) is 0 Å². The molecular weight excluding hydrogens is 246 g/mol. The Balaban J connectivity index is 1.80. The summed E-state index contributed by atoms with van der Waals surface area (Å²) >= 11 is 0. The minimum Gasteiger partial charge on any atom is -0.294 e. The van der Waals surface area contributed by atoms with E-state index in [0.717, 1.165) is 24.1 Å². The van der Waals surface area contributed by atoms with Crippen LogP contribution in [0.15, 0.2) is 48.5 Å². The number of ketones is 1. The number of hydrogen-bond acceptors (Lipinski definition) is 1. The van der Waals surface area contributed by atoms with Gasteiger partial charge in [-0.05, 0) is 30.0 Å². The van der Waals surface area contributed by atoms with Crippen LogP contribution in [0.2, 0.25) is 0 Å². The fourth-order valence-electron chi connectivity index (χ4n) is 2.44. The molecular formula is C16H12F2O. The molecule has 0 radical (unpaired) electrons. The Hall–Kier alpha value is -2.03. The lowest BCUT2D eigenvalue weighted by molar-refractivity contribution is 0.0961. The summed E-state index contributed by atoms with van der Waals surface area (Å²) in [6, 6.07) is 12.8. The van der Waals surface area contributed by atoms with Crippen LogP contribution in [0, 0.1) is 17.6 Å². The van der Waals surface area contributed by atoms with Crippen LogP contribution in [0.5, 0.6) is 0 Å². The number of benzene rings is 2. The van der Waals surface area contributed by atoms with Crippen molar-refractivity contribution in [2.24, 2.45) is 5.92 Å². The van der Waals surface area contributed by atoms with Crippen LogP contribution in [-0.2, 0) is 0 Å². The molecule has 0 spiro atoms. The van der Waals surface area contributed by atoms with Gasteiger partial charge in [-0.15, -0.1) is 0 Å². The van der Waals surface area contributed by atoms with Crippen LogP contribution >= 0.6 is 0 Å². The predicted octanol–water partition coefficient (Wildman–Crippen LogP) is 3.95. The summed E-state index contributed by atoms with van der Waals surface area (Å²) in [6.07, 6.45) is 0.736. The van der Waals surface area contributed by atoms with Gasteiger partial charge in [0, 0.05) is 12.0 Å². The Bertz CT molecular complexity index is 622. The minimum absolute atomic E-state index is 0.00942. The van der Waals surface area contributed by atoms with Gasteiger partial charge in [0.25, 0.3) is 0 Å². The number of hydrogen-bond donors (Lipinski definition) is 0. The van der Waals surface area contributed by atoms with Crippen molar-refractivity contribution in [3.8, 4) is 0 Å². The first kappa shape index (κ1) is 12.0. The zero-order valence-electron chi connectivity index (χ0n) is 10.1. The quantitative estimate of drug-likeness (QED) is 0.762. The van der Waals surface area contributed by atoms with Crippen molar-refractivity contribution in [2.75, 3.05) is 0 Å². The van der Waals surface area contributed by atoms with E-state index in [-0.39, 0.29) is 23.2 Å². The first-order chi connectivity index (χ1) is 9.16. The molecule has 3 rings (SSSR count). The van der Waals surface area contributed by atoms with E-state index in [1.165, 1.54) is 6.07 Å². The van der Waals surface area contributed by atoms with Crippen molar-refractivity contribution >= 4 is 5.78 Å². The van der Waals surface area contributed by atoms with Gasteiger partial charge >= 0.3 is 0 Å². The molecule has 2 unspecified atom stereocenters. The largest absolute Gasteiger partial charge is 0.294 e. The fourth-order valence-corrected chi connectivity index (χ4v) is 2.44. The number of Topliss-reactive ketones (excluding diaryl/α,β-unsaturated/α-hetero) is 1. The highest BCUT2D eigenvalue weighted by Gasteiger charge is 2.44. The molecule has 96 valence electrons. The molecule has 2 aromatic carbocycles. The third-order valence-corrected chi connectivity index (χ3v) is 3.55. The van der Waals surface area contributed by atoms with Crippen molar-refractivity contribution in [1.82, 2.24) is 0 Å². The van der Waals surface area contributed by atoms with Crippen molar-refractivity contribution < 1.29 is 13.6 Å². The Morgan fingerprint density at radius 1 is 1.05 bits per heavy atom. The molecule has 2 aromatic rings. The van der Waals surface area contributed by atoms with Gasteiger partial charge < -0.3 is 0 Å². The molecule has 0 aromatic heterocycles. The summed E-state index contributed by atoms with van der Waals surface area (Å²) < 4.78 is 26.4. The normalized spacial score (nSPS) is 21.2. The molecule has 1 saturated carbocycles. The SMILES string of the molecule is O=C(c1ccc(F)cc1F)C1CC1c1ccccc1. The average molecular weight is 258 g/mol. The molecule has 0 N–H and O–H groups in total. The summed E-state index contributed by atoms with van der Waals surface area (Å²) in [5.74, 6) is -1.68. The lowest BCUT2D eigenvalue weighted by atomic mass is 10.0. The Morgan fingerprint density at radius 2 is 1.79 bits per heavy atom. The van der Waals surface area contributed by atoms with E-state index in [4.69, 9.17) is 0 Å². The van der Waals surface area contributed by atoms with Crippen LogP contribution in [-0.4, -0.2) is 5.78 Å². The summed E-state index contributed by atoms with van der Waals surface area (Å²) in [5.41, 5.74) is 1.09. The van der Waals surface area contributed by atoms with Crippen LogP contribution in [0.1, 0.15) is 28.3 Å². The van der Waals surface area contributed by atoms with E-state index in [9.17, 15) is 13.6 Å². The number of halogens is 2. The lowest BCUT2D eigenvalue weighted by Crippen LogP contribution is -2.06. The van der Waals surface area contributed by atoms with Crippen LogP contribution in [0.4, 0.5) is 8.78 Å². The summed E-state index contributed by atoms with van der Waals surface area (Å²) in [5, 5.41) is 0. The maximum atomic E-state index is 13.6. The van der Waals surface area contributed by atoms with Crippen molar-refractivity contribution in [2.45, 2.75) is 12.3 Å². The lowest BCUT2D eigenvalue weighted by Gasteiger charge is -2.03. The van der Waals surface area contributed by atoms with Crippen molar-refractivity contribution in [1.29, 1.82) is 0 Å². The van der Waals surface area contributed by atoms with Crippen molar-refractivity contribution in [3.63, 3.8) is 0 Å². The van der Waals surface area contributed by atoms with E-state index in [1.54, 1.807) is 0 Å². The minimum atomic E-state index is -0.774. The van der Waals surface area contributed by atoms with E-state index in [2.05, 4.69) is 0 Å². The molecule has 2 atom stereocenters. The molecule has 1 aliphatic carbocycles. The van der Waals surface area contributed by atoms with Gasteiger partial charge in [-0.3, -0.25) is 4.79 Å². The fraction of sp³-hybridized carbons (Fsp3) is 0.188. The standard InChI is InChI=1S/C16H12F2O/c17-11-6-7-12(15(18)8-11)16(19)14-9-13(14)10-4-2-1-3-5-10/h1-8,13-14H,9H2. The van der Waals surface area contributed by atoms with Crippen LogP contribution < -0.4 is 0 Å². The van der Waals surface area contributed by atoms with Crippen molar-refractivity contribution in [3.05, 3.63) is 71.3 Å². The summed E-state index contributed by atoms with van der Waals surface area (Å²) in [6.45, 7) is 0.